The number of carbonyl (C=O) groups is 3. The topological polar surface area (TPSA) is 99.6 Å². The first-order chi connectivity index (χ1) is 22.8. The van der Waals surface area contributed by atoms with Gasteiger partial charge in [0.15, 0.2) is 0 Å². The lowest BCUT2D eigenvalue weighted by Crippen LogP contribution is -2.56. The van der Waals surface area contributed by atoms with Gasteiger partial charge in [0.1, 0.15) is 17.4 Å². The van der Waals surface area contributed by atoms with E-state index < -0.39 is 42.2 Å². The van der Waals surface area contributed by atoms with Crippen molar-refractivity contribution in [3.8, 4) is 5.75 Å². The summed E-state index contributed by atoms with van der Waals surface area (Å²) >= 11 is 0. The van der Waals surface area contributed by atoms with Crippen molar-refractivity contribution in [1.29, 1.82) is 0 Å². The largest absolute Gasteiger partial charge is 0.494 e. The molecule has 9 heteroatoms. The van der Waals surface area contributed by atoms with Crippen molar-refractivity contribution in [2.24, 2.45) is 11.8 Å². The number of likely N-dealkylation sites (tertiary alicyclic amines) is 1. The molecule has 3 aromatic carbocycles. The van der Waals surface area contributed by atoms with Gasteiger partial charge in [-0.1, -0.05) is 72.8 Å². The molecule has 0 radical (unpaired) electrons. The molecular weight excluding hydrogens is 594 g/mol. The van der Waals surface area contributed by atoms with Crippen molar-refractivity contribution in [1.82, 2.24) is 4.90 Å². The van der Waals surface area contributed by atoms with Crippen LogP contribution in [0.3, 0.4) is 0 Å². The number of fused-ring (bicyclic) bond motifs is 2. The number of hydrogen-bond donors (Lipinski definition) is 1. The zero-order chi connectivity index (χ0) is 32.9. The van der Waals surface area contributed by atoms with Crippen LogP contribution in [0.25, 0.3) is 0 Å². The monoisotopic (exact) mass is 633 g/mol. The predicted molar refractivity (Wildman–Crippen MR) is 178 cm³/mol. The van der Waals surface area contributed by atoms with Crippen LogP contribution in [-0.2, 0) is 19.1 Å². The third kappa shape index (κ3) is 4.87. The summed E-state index contributed by atoms with van der Waals surface area (Å²) in [4.78, 5) is 49.4. The Morgan fingerprint density at radius 2 is 1.57 bits per heavy atom. The number of para-hydroxylation sites is 1. The van der Waals surface area contributed by atoms with Crippen molar-refractivity contribution in [2.45, 2.75) is 44.6 Å². The van der Waals surface area contributed by atoms with Crippen LogP contribution in [0.2, 0.25) is 0 Å². The average molecular weight is 634 g/mol. The van der Waals surface area contributed by atoms with Gasteiger partial charge in [-0.15, -0.1) is 0 Å². The summed E-state index contributed by atoms with van der Waals surface area (Å²) in [5.74, 6) is -2.13. The van der Waals surface area contributed by atoms with Crippen LogP contribution in [-0.4, -0.2) is 71.8 Å². The number of aryl methyl sites for hydroxylation is 2. The van der Waals surface area contributed by atoms with Crippen LogP contribution in [0.1, 0.15) is 29.7 Å². The highest BCUT2D eigenvalue weighted by atomic mass is 16.5. The third-order valence-corrected chi connectivity index (χ3v) is 9.96. The molecule has 242 valence electrons. The van der Waals surface area contributed by atoms with Crippen LogP contribution >= 0.6 is 0 Å². The molecule has 0 aliphatic carbocycles. The molecule has 4 aliphatic heterocycles. The first-order valence-corrected chi connectivity index (χ1v) is 16.2. The summed E-state index contributed by atoms with van der Waals surface area (Å²) in [7, 11) is 0. The summed E-state index contributed by atoms with van der Waals surface area (Å²) in [6.45, 7) is 6.54. The van der Waals surface area contributed by atoms with E-state index in [1.807, 2.05) is 118 Å². The molecule has 3 amide bonds. The second-order valence-corrected chi connectivity index (χ2v) is 12.6. The number of anilines is 2. The van der Waals surface area contributed by atoms with Crippen molar-refractivity contribution in [3.05, 3.63) is 114 Å². The Balaban J connectivity index is 1.35. The molecule has 7 rings (SSSR count). The first kappa shape index (κ1) is 30.9. The number of nitrogens with zero attached hydrogens (tertiary/aromatic N) is 3. The molecule has 6 atom stereocenters. The molecule has 4 heterocycles. The van der Waals surface area contributed by atoms with Gasteiger partial charge in [-0.25, -0.2) is 0 Å². The highest BCUT2D eigenvalue weighted by Gasteiger charge is 2.72. The van der Waals surface area contributed by atoms with E-state index in [0.717, 1.165) is 16.8 Å². The van der Waals surface area contributed by atoms with Crippen LogP contribution < -0.4 is 14.5 Å². The lowest BCUT2D eigenvalue weighted by molar-refractivity contribution is -0.144. The van der Waals surface area contributed by atoms with Crippen LogP contribution in [0.15, 0.2) is 97.1 Å². The fourth-order valence-corrected chi connectivity index (χ4v) is 7.99. The summed E-state index contributed by atoms with van der Waals surface area (Å²) in [6, 6.07) is 20.5. The van der Waals surface area contributed by atoms with Gasteiger partial charge in [0.25, 0.3) is 5.91 Å². The summed E-state index contributed by atoms with van der Waals surface area (Å²) in [6.07, 6.45) is 6.74. The van der Waals surface area contributed by atoms with Gasteiger partial charge >= 0.3 is 0 Å². The number of amides is 3. The summed E-state index contributed by atoms with van der Waals surface area (Å²) in [5.41, 5.74) is 2.57. The second kappa shape index (κ2) is 12.1. The van der Waals surface area contributed by atoms with E-state index in [1.54, 1.807) is 9.80 Å². The maximum Gasteiger partial charge on any atom is 0.253 e. The molecule has 0 bridgehead atoms. The van der Waals surface area contributed by atoms with E-state index in [0.29, 0.717) is 30.2 Å². The highest BCUT2D eigenvalue weighted by molar-refractivity contribution is 6.08. The van der Waals surface area contributed by atoms with Gasteiger partial charge in [0.2, 0.25) is 11.8 Å². The Morgan fingerprint density at radius 3 is 2.26 bits per heavy atom. The van der Waals surface area contributed by atoms with E-state index in [1.165, 1.54) is 4.90 Å². The number of aliphatic hydroxyl groups is 1. The molecule has 2 fully saturated rings. The standard InChI is InChI=1S/C38H39N3O6/c1-4-46-28-18-16-27(17-19-28)39-21-9-15-30-31(35(39)43)32-36(44)41(29(23-42)26-13-6-5-7-14-26)34-37(45)40(22-10-20-38(32,34)47-30)33-24(2)11-8-12-25(33)3/h5-20,29-32,34,42H,4,21-23H2,1-3H3/t29-,30+,31-,32+,34?,38+/m1/s1. The molecule has 1 spiro atoms. The Hall–Kier alpha value is -4.73. The predicted octanol–water partition coefficient (Wildman–Crippen LogP) is 4.52. The zero-order valence-electron chi connectivity index (χ0n) is 26.8. The Kier molecular flexibility index (Phi) is 7.98. The number of aliphatic hydroxyl groups excluding tert-OH is 1. The van der Waals surface area contributed by atoms with E-state index >= 15 is 4.79 Å². The minimum atomic E-state index is -1.43. The molecule has 3 aromatic rings. The molecule has 2 saturated heterocycles. The van der Waals surface area contributed by atoms with Crippen LogP contribution in [0.4, 0.5) is 11.4 Å². The quantitative estimate of drug-likeness (QED) is 0.384. The molecule has 9 nitrogen and oxygen atoms in total. The van der Waals surface area contributed by atoms with Crippen LogP contribution in [0.5, 0.6) is 5.75 Å². The van der Waals surface area contributed by atoms with E-state index in [-0.39, 0.29) is 24.3 Å². The number of rotatable bonds is 7. The number of hydrogen-bond acceptors (Lipinski definition) is 6. The van der Waals surface area contributed by atoms with Crippen LogP contribution in [0, 0.1) is 25.7 Å². The van der Waals surface area contributed by atoms with E-state index in [2.05, 4.69) is 0 Å². The Labute approximate surface area is 274 Å². The Bertz CT molecular complexity index is 1730. The van der Waals surface area contributed by atoms with Crippen molar-refractivity contribution >= 4 is 29.1 Å². The molecule has 4 aliphatic rings. The van der Waals surface area contributed by atoms with E-state index in [4.69, 9.17) is 9.47 Å². The van der Waals surface area contributed by atoms with Gasteiger partial charge < -0.3 is 29.3 Å². The lowest BCUT2D eigenvalue weighted by Gasteiger charge is -2.39. The maximum atomic E-state index is 15.0. The smallest absolute Gasteiger partial charge is 0.253 e. The minimum absolute atomic E-state index is 0.253. The molecule has 1 N–H and O–H groups in total. The van der Waals surface area contributed by atoms with E-state index in [9.17, 15) is 14.7 Å². The fourth-order valence-electron chi connectivity index (χ4n) is 7.99. The van der Waals surface area contributed by atoms with Crippen molar-refractivity contribution in [3.63, 3.8) is 0 Å². The van der Waals surface area contributed by atoms with Crippen molar-refractivity contribution < 1.29 is 29.0 Å². The molecule has 0 aromatic heterocycles. The number of ether oxygens (including phenoxy) is 2. The van der Waals surface area contributed by atoms with Gasteiger partial charge in [0.05, 0.1) is 37.2 Å². The molecular formula is C38H39N3O6. The average Bonchev–Trinajstić information content (AvgIpc) is 3.39. The van der Waals surface area contributed by atoms with Gasteiger partial charge in [-0.3, -0.25) is 14.4 Å². The first-order valence-electron chi connectivity index (χ1n) is 16.2. The van der Waals surface area contributed by atoms with Crippen molar-refractivity contribution in [2.75, 3.05) is 36.1 Å². The zero-order valence-corrected chi connectivity index (χ0v) is 26.8. The molecule has 1 unspecified atom stereocenters. The molecule has 47 heavy (non-hydrogen) atoms. The SMILES string of the molecule is CCOc1ccc(N2CC=C[C@@H]3O[C@]45C=CCN(c6c(C)cccc6C)C(=O)C4N([C@H](CO)c4ccccc4)C(=O)[C@@H]5[C@@H]3C2=O)cc1. The summed E-state index contributed by atoms with van der Waals surface area (Å²) < 4.78 is 12.5. The number of benzene rings is 3. The maximum absolute atomic E-state index is 15.0. The third-order valence-electron chi connectivity index (χ3n) is 9.96. The Morgan fingerprint density at radius 1 is 0.872 bits per heavy atom. The minimum Gasteiger partial charge on any atom is -0.494 e. The second-order valence-electron chi connectivity index (χ2n) is 12.6. The summed E-state index contributed by atoms with van der Waals surface area (Å²) in [5, 5.41) is 10.8. The van der Waals surface area contributed by atoms with Gasteiger partial charge in [-0.05, 0) is 61.7 Å². The fraction of sp³-hybridized carbons (Fsp3) is 0.342. The normalized spacial score (nSPS) is 27.3. The van der Waals surface area contributed by atoms with Gasteiger partial charge in [-0.2, -0.15) is 0 Å². The highest BCUT2D eigenvalue weighted by Crippen LogP contribution is 2.55. The lowest BCUT2D eigenvalue weighted by atomic mass is 9.77. The number of carbonyl (C=O) groups excluding carboxylic acids is 3. The van der Waals surface area contributed by atoms with Gasteiger partial charge in [0, 0.05) is 24.5 Å². The molecule has 0 saturated carbocycles.